The SMILES string of the molecule is Cc1c(N)ccc2c1C[C@@H](C)N(CC(C)(F)F)[C@@H]2c1c(F)cc(Br)cc1F. The number of benzene rings is 2. The number of nitrogen functional groups attached to an aromatic ring is 1. The zero-order valence-electron chi connectivity index (χ0n) is 15.3. The van der Waals surface area contributed by atoms with E-state index in [1.165, 1.54) is 4.90 Å². The Morgan fingerprint density at radius 2 is 1.81 bits per heavy atom. The Balaban J connectivity index is 2.27. The molecule has 1 heterocycles. The van der Waals surface area contributed by atoms with Gasteiger partial charge in [0.1, 0.15) is 11.6 Å². The number of hydrogen-bond acceptors (Lipinski definition) is 2. The van der Waals surface area contributed by atoms with Crippen LogP contribution in [-0.4, -0.2) is 23.4 Å². The van der Waals surface area contributed by atoms with Crippen molar-refractivity contribution in [3.63, 3.8) is 0 Å². The smallest absolute Gasteiger partial charge is 0.257 e. The summed E-state index contributed by atoms with van der Waals surface area (Å²) in [6.07, 6.45) is 0.485. The van der Waals surface area contributed by atoms with Crippen LogP contribution in [0.25, 0.3) is 0 Å². The van der Waals surface area contributed by atoms with Crippen molar-refractivity contribution < 1.29 is 17.6 Å². The lowest BCUT2D eigenvalue weighted by Gasteiger charge is -2.44. The maximum atomic E-state index is 14.8. The van der Waals surface area contributed by atoms with Gasteiger partial charge in [0.2, 0.25) is 0 Å². The lowest BCUT2D eigenvalue weighted by Crippen LogP contribution is -2.48. The molecule has 0 radical (unpaired) electrons. The van der Waals surface area contributed by atoms with Gasteiger partial charge >= 0.3 is 0 Å². The molecule has 2 aromatic rings. The van der Waals surface area contributed by atoms with Crippen LogP contribution in [0.4, 0.5) is 23.2 Å². The van der Waals surface area contributed by atoms with Crippen molar-refractivity contribution in [1.82, 2.24) is 4.90 Å². The number of anilines is 1. The van der Waals surface area contributed by atoms with E-state index in [2.05, 4.69) is 15.9 Å². The molecule has 0 fully saturated rings. The van der Waals surface area contributed by atoms with Crippen LogP contribution in [0.2, 0.25) is 0 Å². The monoisotopic (exact) mass is 444 g/mol. The van der Waals surface area contributed by atoms with Crippen molar-refractivity contribution in [3.05, 3.63) is 62.6 Å². The van der Waals surface area contributed by atoms with Gasteiger partial charge in [-0.2, -0.15) is 0 Å². The first-order valence-corrected chi connectivity index (χ1v) is 9.44. The summed E-state index contributed by atoms with van der Waals surface area (Å²) in [5.74, 6) is -4.55. The molecule has 1 aliphatic heterocycles. The topological polar surface area (TPSA) is 29.3 Å². The van der Waals surface area contributed by atoms with Crippen molar-refractivity contribution in [2.24, 2.45) is 0 Å². The fourth-order valence-corrected chi connectivity index (χ4v) is 4.27. The van der Waals surface area contributed by atoms with Crippen LogP contribution in [0.1, 0.15) is 42.1 Å². The van der Waals surface area contributed by atoms with E-state index in [0.29, 0.717) is 17.7 Å². The van der Waals surface area contributed by atoms with Gasteiger partial charge in [0.25, 0.3) is 5.92 Å². The molecule has 0 aliphatic carbocycles. The van der Waals surface area contributed by atoms with Gasteiger partial charge in [-0.05, 0) is 55.2 Å². The van der Waals surface area contributed by atoms with Crippen LogP contribution in [-0.2, 0) is 6.42 Å². The van der Waals surface area contributed by atoms with Gasteiger partial charge in [0.05, 0.1) is 12.6 Å². The number of nitrogens with zero attached hydrogens (tertiary/aromatic N) is 1. The Hall–Kier alpha value is -1.60. The maximum Gasteiger partial charge on any atom is 0.257 e. The summed E-state index contributed by atoms with van der Waals surface area (Å²) in [5.41, 5.74) is 8.66. The summed E-state index contributed by atoms with van der Waals surface area (Å²) in [7, 11) is 0. The van der Waals surface area contributed by atoms with Crippen molar-refractivity contribution in [2.75, 3.05) is 12.3 Å². The average molecular weight is 445 g/mol. The molecule has 27 heavy (non-hydrogen) atoms. The first-order chi connectivity index (χ1) is 12.5. The van der Waals surface area contributed by atoms with Gasteiger partial charge < -0.3 is 5.73 Å². The number of rotatable bonds is 3. The Morgan fingerprint density at radius 3 is 2.37 bits per heavy atom. The molecule has 0 saturated carbocycles. The van der Waals surface area contributed by atoms with E-state index in [4.69, 9.17) is 5.73 Å². The molecule has 2 N–H and O–H groups in total. The molecule has 1 aliphatic rings. The molecule has 0 amide bonds. The van der Waals surface area contributed by atoms with Crippen LogP contribution < -0.4 is 5.73 Å². The van der Waals surface area contributed by atoms with E-state index in [0.717, 1.165) is 30.2 Å². The Bertz CT molecular complexity index is 856. The highest BCUT2D eigenvalue weighted by Gasteiger charge is 2.41. The third-order valence-electron chi connectivity index (χ3n) is 5.15. The summed E-state index contributed by atoms with van der Waals surface area (Å²) in [5, 5.41) is 0. The molecular formula is C20H21BrF4N2. The molecule has 0 unspecified atom stereocenters. The number of alkyl halides is 2. The second-order valence-corrected chi connectivity index (χ2v) is 8.24. The van der Waals surface area contributed by atoms with Crippen molar-refractivity contribution in [1.29, 1.82) is 0 Å². The lowest BCUT2D eigenvalue weighted by molar-refractivity contribution is -0.0371. The quantitative estimate of drug-likeness (QED) is 0.492. The second kappa shape index (κ2) is 7.09. The summed E-state index contributed by atoms with van der Waals surface area (Å²) < 4.78 is 57.6. The number of fused-ring (bicyclic) bond motifs is 1. The first kappa shape index (κ1) is 20.1. The summed E-state index contributed by atoms with van der Waals surface area (Å²) in [4.78, 5) is 1.48. The minimum absolute atomic E-state index is 0.223. The molecule has 2 nitrogen and oxygen atoms in total. The molecular weight excluding hydrogens is 424 g/mol. The maximum absolute atomic E-state index is 14.8. The fraction of sp³-hybridized carbons (Fsp3) is 0.400. The molecule has 0 spiro atoms. The lowest BCUT2D eigenvalue weighted by atomic mass is 9.82. The van der Waals surface area contributed by atoms with Gasteiger partial charge in [0.15, 0.2) is 0 Å². The van der Waals surface area contributed by atoms with Gasteiger partial charge in [-0.15, -0.1) is 0 Å². The van der Waals surface area contributed by atoms with Crippen molar-refractivity contribution in [3.8, 4) is 0 Å². The summed E-state index contributed by atoms with van der Waals surface area (Å²) in [6, 6.07) is 4.37. The van der Waals surface area contributed by atoms with E-state index >= 15 is 0 Å². The molecule has 2 aromatic carbocycles. The molecule has 3 rings (SSSR count). The molecule has 7 heteroatoms. The van der Waals surface area contributed by atoms with E-state index in [1.54, 1.807) is 19.1 Å². The predicted octanol–water partition coefficient (Wildman–Crippen LogP) is 5.61. The minimum Gasteiger partial charge on any atom is -0.399 e. The van der Waals surface area contributed by atoms with Gasteiger partial charge in [-0.3, -0.25) is 4.90 Å². The zero-order valence-corrected chi connectivity index (χ0v) is 16.9. The third kappa shape index (κ3) is 3.85. The minimum atomic E-state index is -3.00. The second-order valence-electron chi connectivity index (χ2n) is 7.33. The standard InChI is InChI=1S/C20H21BrF4N2/c1-10-6-14-11(2)17(26)5-4-13(14)19(27(10)9-20(3,24)25)18-15(22)7-12(21)8-16(18)23/h4-5,7-8,10,19H,6,9,26H2,1-3H3/t10-,19+/m1/s1. The van der Waals surface area contributed by atoms with Gasteiger partial charge in [0, 0.05) is 28.7 Å². The van der Waals surface area contributed by atoms with E-state index in [-0.39, 0.29) is 16.1 Å². The fourth-order valence-electron chi connectivity index (χ4n) is 3.87. The normalized spacial score (nSPS) is 20.6. The Labute approximate surface area is 164 Å². The molecule has 146 valence electrons. The highest BCUT2D eigenvalue weighted by molar-refractivity contribution is 9.10. The van der Waals surface area contributed by atoms with Crippen LogP contribution in [0.5, 0.6) is 0 Å². The number of hydrogen-bond donors (Lipinski definition) is 1. The van der Waals surface area contributed by atoms with E-state index in [1.807, 2.05) is 6.92 Å². The van der Waals surface area contributed by atoms with E-state index < -0.39 is 30.1 Å². The molecule has 0 saturated heterocycles. The van der Waals surface area contributed by atoms with Crippen molar-refractivity contribution in [2.45, 2.75) is 45.2 Å². The van der Waals surface area contributed by atoms with Gasteiger partial charge in [-0.25, -0.2) is 17.6 Å². The predicted molar refractivity (Wildman–Crippen MR) is 102 cm³/mol. The van der Waals surface area contributed by atoms with Crippen LogP contribution >= 0.6 is 15.9 Å². The third-order valence-corrected chi connectivity index (χ3v) is 5.60. The number of halogens is 5. The Kier molecular flexibility index (Phi) is 5.29. The first-order valence-electron chi connectivity index (χ1n) is 8.65. The highest BCUT2D eigenvalue weighted by Crippen LogP contribution is 2.43. The zero-order chi connectivity index (χ0) is 20.1. The molecule has 0 bridgehead atoms. The van der Waals surface area contributed by atoms with Gasteiger partial charge in [-0.1, -0.05) is 22.0 Å². The number of nitrogens with two attached hydrogens (primary N) is 1. The van der Waals surface area contributed by atoms with Crippen LogP contribution in [0.15, 0.2) is 28.7 Å². The van der Waals surface area contributed by atoms with Crippen molar-refractivity contribution >= 4 is 21.6 Å². The van der Waals surface area contributed by atoms with E-state index in [9.17, 15) is 17.6 Å². The largest absolute Gasteiger partial charge is 0.399 e. The molecule has 2 atom stereocenters. The Morgan fingerprint density at radius 1 is 1.22 bits per heavy atom. The summed E-state index contributed by atoms with van der Waals surface area (Å²) in [6.45, 7) is 3.85. The highest BCUT2D eigenvalue weighted by atomic mass is 79.9. The summed E-state index contributed by atoms with van der Waals surface area (Å²) >= 11 is 3.07. The average Bonchev–Trinajstić information content (AvgIpc) is 2.52. The molecule has 0 aromatic heterocycles. The van der Waals surface area contributed by atoms with Crippen LogP contribution in [0.3, 0.4) is 0 Å². The van der Waals surface area contributed by atoms with Crippen LogP contribution in [0, 0.1) is 18.6 Å².